The molecule has 0 aliphatic carbocycles. The molecule has 9 aromatic carbocycles. The van der Waals surface area contributed by atoms with Crippen LogP contribution in [0.2, 0.25) is 0 Å². The van der Waals surface area contributed by atoms with Gasteiger partial charge in [-0.05, 0) is 101 Å². The van der Waals surface area contributed by atoms with Crippen molar-refractivity contribution in [2.24, 2.45) is 0 Å². The van der Waals surface area contributed by atoms with Crippen molar-refractivity contribution in [1.29, 1.82) is 0 Å². The number of fused-ring (bicyclic) bond motifs is 3. The van der Waals surface area contributed by atoms with Gasteiger partial charge in [-0.3, -0.25) is 0 Å². The second-order valence-electron chi connectivity index (χ2n) is 15.9. The molecular formula is C59H42N4. The van der Waals surface area contributed by atoms with Crippen LogP contribution in [0.1, 0.15) is 5.56 Å². The van der Waals surface area contributed by atoms with E-state index in [1.807, 2.05) is 36.4 Å². The number of nitrogens with zero attached hydrogens (tertiary/aromatic N) is 4. The molecule has 0 N–H and O–H groups in total. The number of para-hydroxylation sites is 3. The molecule has 2 aromatic heterocycles. The third-order valence-electron chi connectivity index (χ3n) is 12.0. The summed E-state index contributed by atoms with van der Waals surface area (Å²) in [4.78, 5) is 12.4. The summed E-state index contributed by atoms with van der Waals surface area (Å²) in [6, 6.07) is 83.9. The number of benzene rings is 9. The Morgan fingerprint density at radius 3 is 1.49 bits per heavy atom. The summed E-state index contributed by atoms with van der Waals surface area (Å²) in [6.45, 7) is 2.17. The van der Waals surface area contributed by atoms with E-state index < -0.39 is 0 Å². The van der Waals surface area contributed by atoms with Crippen LogP contribution in [0.15, 0.2) is 237 Å². The Labute approximate surface area is 367 Å². The van der Waals surface area contributed by atoms with Crippen molar-refractivity contribution >= 4 is 38.9 Å². The van der Waals surface area contributed by atoms with Gasteiger partial charge in [-0.1, -0.05) is 170 Å². The zero-order valence-corrected chi connectivity index (χ0v) is 34.8. The molecule has 0 unspecified atom stereocenters. The zero-order chi connectivity index (χ0) is 42.1. The van der Waals surface area contributed by atoms with Crippen LogP contribution in [0, 0.1) is 6.92 Å². The van der Waals surface area contributed by atoms with E-state index in [0.717, 1.165) is 62.2 Å². The molecule has 0 saturated carbocycles. The topological polar surface area (TPSA) is 34.0 Å². The van der Waals surface area contributed by atoms with Gasteiger partial charge in [-0.2, -0.15) is 0 Å². The Bertz CT molecular complexity index is 3260. The highest BCUT2D eigenvalue weighted by Crippen LogP contribution is 2.40. The van der Waals surface area contributed by atoms with Gasteiger partial charge in [0.2, 0.25) is 0 Å². The molecule has 4 heteroatoms. The van der Waals surface area contributed by atoms with E-state index in [1.165, 1.54) is 44.1 Å². The molecule has 298 valence electrons. The Hall–Kier alpha value is -8.34. The van der Waals surface area contributed by atoms with Crippen LogP contribution < -0.4 is 4.90 Å². The third-order valence-corrected chi connectivity index (χ3v) is 12.0. The smallest absolute Gasteiger partial charge is 0.160 e. The van der Waals surface area contributed by atoms with Crippen molar-refractivity contribution < 1.29 is 0 Å². The Morgan fingerprint density at radius 1 is 0.349 bits per heavy atom. The van der Waals surface area contributed by atoms with Crippen LogP contribution >= 0.6 is 0 Å². The molecule has 0 fully saturated rings. The molecule has 0 bridgehead atoms. The lowest BCUT2D eigenvalue weighted by Crippen LogP contribution is -2.09. The fourth-order valence-electron chi connectivity index (χ4n) is 8.83. The summed E-state index contributed by atoms with van der Waals surface area (Å²) in [5.41, 5.74) is 17.7. The number of hydrogen-bond donors (Lipinski definition) is 0. The van der Waals surface area contributed by atoms with Crippen LogP contribution in [-0.2, 0) is 0 Å². The van der Waals surface area contributed by atoms with Crippen molar-refractivity contribution in [2.75, 3.05) is 4.90 Å². The summed E-state index contributed by atoms with van der Waals surface area (Å²) in [5, 5.41) is 2.44. The minimum absolute atomic E-state index is 0.720. The molecule has 4 nitrogen and oxygen atoms in total. The van der Waals surface area contributed by atoms with Gasteiger partial charge in [-0.15, -0.1) is 0 Å². The summed E-state index contributed by atoms with van der Waals surface area (Å²) in [5.74, 6) is 0.720. The highest BCUT2D eigenvalue weighted by molar-refractivity contribution is 6.10. The van der Waals surface area contributed by atoms with Crippen molar-refractivity contribution in [3.05, 3.63) is 242 Å². The minimum atomic E-state index is 0.720. The van der Waals surface area contributed by atoms with Gasteiger partial charge in [-0.25, -0.2) is 9.97 Å². The first kappa shape index (κ1) is 37.6. The number of hydrogen-bond acceptors (Lipinski definition) is 3. The lowest BCUT2D eigenvalue weighted by Gasteiger charge is -2.25. The second kappa shape index (κ2) is 16.3. The Morgan fingerprint density at radius 2 is 0.857 bits per heavy atom. The molecule has 0 spiro atoms. The van der Waals surface area contributed by atoms with Gasteiger partial charge in [0.1, 0.15) is 0 Å². The molecule has 0 amide bonds. The van der Waals surface area contributed by atoms with Crippen LogP contribution in [-0.4, -0.2) is 14.5 Å². The van der Waals surface area contributed by atoms with Gasteiger partial charge in [0.25, 0.3) is 0 Å². The average Bonchev–Trinajstić information content (AvgIpc) is 3.69. The minimum Gasteiger partial charge on any atom is -0.310 e. The van der Waals surface area contributed by atoms with Crippen LogP contribution in [0.3, 0.4) is 0 Å². The fraction of sp³-hybridized carbons (Fsp3) is 0.0169. The number of aryl methyl sites for hydroxylation is 1. The molecule has 0 aliphatic heterocycles. The predicted molar refractivity (Wildman–Crippen MR) is 263 cm³/mol. The lowest BCUT2D eigenvalue weighted by molar-refractivity contribution is 1.18. The lowest BCUT2D eigenvalue weighted by atomic mass is 9.96. The molecule has 2 heterocycles. The predicted octanol–water partition coefficient (Wildman–Crippen LogP) is 15.7. The van der Waals surface area contributed by atoms with Gasteiger partial charge in [0.15, 0.2) is 5.82 Å². The zero-order valence-electron chi connectivity index (χ0n) is 34.8. The van der Waals surface area contributed by atoms with E-state index in [9.17, 15) is 0 Å². The molecule has 0 radical (unpaired) electrons. The maximum Gasteiger partial charge on any atom is 0.160 e. The first-order valence-corrected chi connectivity index (χ1v) is 21.4. The monoisotopic (exact) mass is 806 g/mol. The largest absolute Gasteiger partial charge is 0.310 e. The van der Waals surface area contributed by atoms with Crippen LogP contribution in [0.5, 0.6) is 0 Å². The average molecular weight is 807 g/mol. The van der Waals surface area contributed by atoms with Crippen molar-refractivity contribution in [2.45, 2.75) is 6.92 Å². The molecule has 11 aromatic rings. The summed E-state index contributed by atoms with van der Waals surface area (Å²) in [6.07, 6.45) is 0. The Kier molecular flexibility index (Phi) is 9.72. The highest BCUT2D eigenvalue weighted by Gasteiger charge is 2.18. The number of aromatic nitrogens is 3. The number of anilines is 3. The van der Waals surface area contributed by atoms with Gasteiger partial charge < -0.3 is 9.47 Å². The standard InChI is InChI=1S/C59H42N4/c1-41-38-47(32-36-52(41)56-40-55(45-16-6-2-7-17-45)60-59(61-56)46-18-8-3-9-19-46)44-28-26-42(27-29-44)43-30-33-50(34-31-43)63-57-25-15-14-24-53(57)54-39-51(35-37-58(54)63)62(48-20-10-4-11-21-48)49-22-12-5-13-23-49/h2-40H,1H3. The van der Waals surface area contributed by atoms with Gasteiger partial charge in [0, 0.05) is 50.2 Å². The van der Waals surface area contributed by atoms with E-state index in [2.05, 4.69) is 217 Å². The van der Waals surface area contributed by atoms with Crippen LogP contribution in [0.25, 0.3) is 83.6 Å². The maximum atomic E-state index is 5.08. The molecule has 11 rings (SSSR count). The first-order chi connectivity index (χ1) is 31.1. The third kappa shape index (κ3) is 7.24. The quantitative estimate of drug-likeness (QED) is 0.146. The van der Waals surface area contributed by atoms with Crippen molar-refractivity contribution in [3.8, 4) is 61.8 Å². The van der Waals surface area contributed by atoms with Crippen molar-refractivity contribution in [3.63, 3.8) is 0 Å². The molecule has 63 heavy (non-hydrogen) atoms. The van der Waals surface area contributed by atoms with Gasteiger partial charge >= 0.3 is 0 Å². The van der Waals surface area contributed by atoms with E-state index in [1.54, 1.807) is 0 Å². The SMILES string of the molecule is Cc1cc(-c2ccc(-c3ccc(-n4c5ccccc5c5cc(N(c6ccccc6)c6ccccc6)ccc54)cc3)cc2)ccc1-c1cc(-c2ccccc2)nc(-c2ccccc2)n1. The van der Waals surface area contributed by atoms with Crippen molar-refractivity contribution in [1.82, 2.24) is 14.5 Å². The fourth-order valence-corrected chi connectivity index (χ4v) is 8.83. The molecule has 0 aliphatic rings. The highest BCUT2D eigenvalue weighted by atomic mass is 15.1. The Balaban J connectivity index is 0.884. The summed E-state index contributed by atoms with van der Waals surface area (Å²) >= 11 is 0. The van der Waals surface area contributed by atoms with Crippen LogP contribution in [0.4, 0.5) is 17.1 Å². The van der Waals surface area contributed by atoms with E-state index in [0.29, 0.717) is 0 Å². The van der Waals surface area contributed by atoms with E-state index in [-0.39, 0.29) is 0 Å². The molecule has 0 saturated heterocycles. The normalized spacial score (nSPS) is 11.3. The number of rotatable bonds is 9. The summed E-state index contributed by atoms with van der Waals surface area (Å²) in [7, 11) is 0. The van der Waals surface area contributed by atoms with Gasteiger partial charge in [0.05, 0.1) is 22.4 Å². The molecule has 0 atom stereocenters. The maximum absolute atomic E-state index is 5.08. The van der Waals surface area contributed by atoms with E-state index >= 15 is 0 Å². The van der Waals surface area contributed by atoms with E-state index in [4.69, 9.17) is 9.97 Å². The second-order valence-corrected chi connectivity index (χ2v) is 15.9. The first-order valence-electron chi connectivity index (χ1n) is 21.4. The summed E-state index contributed by atoms with van der Waals surface area (Å²) < 4.78 is 2.38. The molecular weight excluding hydrogens is 765 g/mol.